The lowest BCUT2D eigenvalue weighted by Crippen LogP contribution is -2.34. The summed E-state index contributed by atoms with van der Waals surface area (Å²) >= 11 is 0. The molecule has 3 rings (SSSR count). The number of aromatic amines is 1. The van der Waals surface area contributed by atoms with Crippen LogP contribution in [0.5, 0.6) is 0 Å². The van der Waals surface area contributed by atoms with Gasteiger partial charge in [0, 0.05) is 53.9 Å². The largest absolute Gasteiger partial charge is 0.361 e. The molecule has 0 saturated heterocycles. The number of carbonyl (C=O) groups excluding carboxylic acids is 1. The number of nitrogens with one attached hydrogen (secondary N) is 2. The Kier molecular flexibility index (Phi) is 6.73. The molecule has 2 N–H and O–H groups in total. The minimum Gasteiger partial charge on any atom is -0.361 e. The number of fused-ring (bicyclic) bond motifs is 1. The minimum atomic E-state index is 0.118. The average molecular weight is 368 g/mol. The maximum absolute atomic E-state index is 12.2. The molecule has 0 bridgehead atoms. The van der Waals surface area contributed by atoms with E-state index in [0.29, 0.717) is 12.5 Å². The molecular formula is C23H33N3O. The van der Waals surface area contributed by atoms with Gasteiger partial charge in [-0.3, -0.25) is 9.69 Å². The van der Waals surface area contributed by atoms with E-state index in [0.717, 1.165) is 43.6 Å². The molecule has 4 nitrogen and oxygen atoms in total. The summed E-state index contributed by atoms with van der Waals surface area (Å²) in [6, 6.07) is 6.75. The van der Waals surface area contributed by atoms with Gasteiger partial charge in [-0.1, -0.05) is 32.3 Å². The SMILES string of the molecule is CCCCCCC(=O)Nc1ccc2[nH]cc(C3=CCN(C(C)C)CC3)c2c1. The van der Waals surface area contributed by atoms with Gasteiger partial charge >= 0.3 is 0 Å². The Morgan fingerprint density at radius 2 is 2.11 bits per heavy atom. The molecule has 0 radical (unpaired) electrons. The van der Waals surface area contributed by atoms with Gasteiger partial charge < -0.3 is 10.3 Å². The summed E-state index contributed by atoms with van der Waals surface area (Å²) in [5, 5.41) is 4.27. The molecular weight excluding hydrogens is 334 g/mol. The van der Waals surface area contributed by atoms with Gasteiger partial charge in [-0.25, -0.2) is 0 Å². The summed E-state index contributed by atoms with van der Waals surface area (Å²) in [4.78, 5) is 18.1. The number of hydrogen-bond donors (Lipinski definition) is 2. The molecule has 2 aromatic rings. The highest BCUT2D eigenvalue weighted by molar-refractivity contribution is 5.98. The van der Waals surface area contributed by atoms with E-state index < -0.39 is 0 Å². The molecule has 0 unspecified atom stereocenters. The molecule has 146 valence electrons. The summed E-state index contributed by atoms with van der Waals surface area (Å²) in [5.41, 5.74) is 4.69. The van der Waals surface area contributed by atoms with Gasteiger partial charge in [0.25, 0.3) is 0 Å². The van der Waals surface area contributed by atoms with Crippen LogP contribution in [0.2, 0.25) is 0 Å². The predicted molar refractivity (Wildman–Crippen MR) is 115 cm³/mol. The van der Waals surface area contributed by atoms with Crippen molar-refractivity contribution in [2.45, 2.75) is 65.3 Å². The van der Waals surface area contributed by atoms with Gasteiger partial charge in [0.2, 0.25) is 5.91 Å². The molecule has 27 heavy (non-hydrogen) atoms. The number of rotatable bonds is 8. The van der Waals surface area contributed by atoms with Gasteiger partial charge in [0.1, 0.15) is 0 Å². The van der Waals surface area contributed by atoms with E-state index in [2.05, 4.69) is 60.4 Å². The molecule has 1 aromatic carbocycles. The van der Waals surface area contributed by atoms with Crippen LogP contribution < -0.4 is 5.32 Å². The zero-order chi connectivity index (χ0) is 19.2. The van der Waals surface area contributed by atoms with Crippen molar-refractivity contribution in [3.63, 3.8) is 0 Å². The van der Waals surface area contributed by atoms with E-state index in [1.807, 2.05) is 6.07 Å². The van der Waals surface area contributed by atoms with E-state index in [4.69, 9.17) is 0 Å². The second kappa shape index (κ2) is 9.23. The van der Waals surface area contributed by atoms with Crippen molar-refractivity contribution < 1.29 is 4.79 Å². The third kappa shape index (κ3) is 5.01. The number of carbonyl (C=O) groups is 1. The number of anilines is 1. The van der Waals surface area contributed by atoms with Crippen molar-refractivity contribution in [2.24, 2.45) is 0 Å². The van der Waals surface area contributed by atoms with Crippen LogP contribution in [0.4, 0.5) is 5.69 Å². The molecule has 0 spiro atoms. The number of nitrogens with zero attached hydrogens (tertiary/aromatic N) is 1. The van der Waals surface area contributed by atoms with Crippen molar-refractivity contribution in [3.05, 3.63) is 36.0 Å². The molecule has 1 aromatic heterocycles. The van der Waals surface area contributed by atoms with Crippen LogP contribution in [0.15, 0.2) is 30.5 Å². The number of H-pyrrole nitrogens is 1. The maximum Gasteiger partial charge on any atom is 0.224 e. The maximum atomic E-state index is 12.2. The second-order valence-electron chi connectivity index (χ2n) is 7.89. The zero-order valence-electron chi connectivity index (χ0n) is 17.0. The van der Waals surface area contributed by atoms with Crippen molar-refractivity contribution in [1.29, 1.82) is 0 Å². The first-order chi connectivity index (χ1) is 13.1. The number of hydrogen-bond acceptors (Lipinski definition) is 2. The van der Waals surface area contributed by atoms with E-state index in [9.17, 15) is 4.79 Å². The van der Waals surface area contributed by atoms with Crippen molar-refractivity contribution in [2.75, 3.05) is 18.4 Å². The van der Waals surface area contributed by atoms with Gasteiger partial charge in [0.15, 0.2) is 0 Å². The molecule has 1 aliphatic rings. The summed E-state index contributed by atoms with van der Waals surface area (Å²) in [6.07, 6.45) is 10.6. The van der Waals surface area contributed by atoms with Crippen LogP contribution in [-0.2, 0) is 4.79 Å². The molecule has 1 amide bonds. The Labute approximate surface area is 163 Å². The van der Waals surface area contributed by atoms with Crippen molar-refractivity contribution in [3.8, 4) is 0 Å². The Bertz CT molecular complexity index is 803. The second-order valence-corrected chi connectivity index (χ2v) is 7.89. The zero-order valence-corrected chi connectivity index (χ0v) is 17.0. The van der Waals surface area contributed by atoms with Gasteiger partial charge in [0.05, 0.1) is 0 Å². The highest BCUT2D eigenvalue weighted by Gasteiger charge is 2.17. The van der Waals surface area contributed by atoms with Crippen LogP contribution in [0.3, 0.4) is 0 Å². The Morgan fingerprint density at radius 3 is 2.81 bits per heavy atom. The van der Waals surface area contributed by atoms with E-state index in [1.54, 1.807) is 0 Å². The van der Waals surface area contributed by atoms with Gasteiger partial charge in [-0.05, 0) is 50.5 Å². The van der Waals surface area contributed by atoms with Crippen LogP contribution in [0.1, 0.15) is 64.9 Å². The van der Waals surface area contributed by atoms with E-state index in [-0.39, 0.29) is 5.91 Å². The van der Waals surface area contributed by atoms with Crippen LogP contribution in [-0.4, -0.2) is 34.9 Å². The summed E-state index contributed by atoms with van der Waals surface area (Å²) in [5.74, 6) is 0.118. The van der Waals surface area contributed by atoms with Crippen LogP contribution >= 0.6 is 0 Å². The Balaban J connectivity index is 1.70. The van der Waals surface area contributed by atoms with Crippen LogP contribution in [0, 0.1) is 0 Å². The fourth-order valence-corrected chi connectivity index (χ4v) is 3.80. The quantitative estimate of drug-likeness (QED) is 0.599. The predicted octanol–water partition coefficient (Wildman–Crippen LogP) is 5.57. The van der Waals surface area contributed by atoms with Gasteiger partial charge in [-0.15, -0.1) is 0 Å². The Morgan fingerprint density at radius 1 is 1.26 bits per heavy atom. The topological polar surface area (TPSA) is 48.1 Å². The van der Waals surface area contributed by atoms with Crippen LogP contribution in [0.25, 0.3) is 16.5 Å². The number of aromatic nitrogens is 1. The minimum absolute atomic E-state index is 0.118. The summed E-state index contributed by atoms with van der Waals surface area (Å²) in [6.45, 7) is 8.80. The number of amides is 1. The third-order valence-electron chi connectivity index (χ3n) is 5.54. The van der Waals surface area contributed by atoms with E-state index >= 15 is 0 Å². The molecule has 1 aliphatic heterocycles. The fourth-order valence-electron chi connectivity index (χ4n) is 3.80. The molecule has 0 aliphatic carbocycles. The van der Waals surface area contributed by atoms with Gasteiger partial charge in [-0.2, -0.15) is 0 Å². The monoisotopic (exact) mass is 367 g/mol. The van der Waals surface area contributed by atoms with Crippen molar-refractivity contribution in [1.82, 2.24) is 9.88 Å². The fraction of sp³-hybridized carbons (Fsp3) is 0.522. The lowest BCUT2D eigenvalue weighted by Gasteiger charge is -2.29. The summed E-state index contributed by atoms with van der Waals surface area (Å²) in [7, 11) is 0. The lowest BCUT2D eigenvalue weighted by atomic mass is 9.98. The standard InChI is InChI=1S/C23H33N3O/c1-4-5-6-7-8-23(27)25-19-9-10-22-20(15-19)21(16-24-22)18-11-13-26(14-12-18)17(2)3/h9-11,15-17,24H,4-8,12-14H2,1-3H3,(H,25,27). The first kappa shape index (κ1) is 19.7. The number of unbranched alkanes of at least 4 members (excludes halogenated alkanes) is 3. The molecule has 0 saturated carbocycles. The van der Waals surface area contributed by atoms with E-state index in [1.165, 1.54) is 29.4 Å². The molecule has 4 heteroatoms. The highest BCUT2D eigenvalue weighted by atomic mass is 16.1. The third-order valence-corrected chi connectivity index (χ3v) is 5.54. The lowest BCUT2D eigenvalue weighted by molar-refractivity contribution is -0.116. The normalized spacial score (nSPS) is 15.3. The smallest absolute Gasteiger partial charge is 0.224 e. The number of benzene rings is 1. The molecule has 0 atom stereocenters. The first-order valence-electron chi connectivity index (χ1n) is 10.4. The average Bonchev–Trinajstić information content (AvgIpc) is 3.08. The first-order valence-corrected chi connectivity index (χ1v) is 10.4. The molecule has 0 fully saturated rings. The molecule has 2 heterocycles. The summed E-state index contributed by atoms with van der Waals surface area (Å²) < 4.78 is 0. The highest BCUT2D eigenvalue weighted by Crippen LogP contribution is 2.31. The van der Waals surface area contributed by atoms with Crippen molar-refractivity contribution >= 4 is 28.1 Å². The Hall–Kier alpha value is -2.07.